The van der Waals surface area contributed by atoms with Gasteiger partial charge in [0.15, 0.2) is 5.69 Å². The quantitative estimate of drug-likeness (QED) is 0.787. The van der Waals surface area contributed by atoms with Crippen LogP contribution in [0.1, 0.15) is 16.1 Å². The minimum Gasteiger partial charge on any atom is -0.497 e. The third kappa shape index (κ3) is 2.52. The van der Waals surface area contributed by atoms with Gasteiger partial charge in [0.05, 0.1) is 19.8 Å². The first-order valence-corrected chi connectivity index (χ1v) is 5.40. The van der Waals surface area contributed by atoms with Crippen molar-refractivity contribution < 1.29 is 18.7 Å². The standard InChI is InChI=1S/C13H11FN2O3/c1-18-8-3-4-9(10(14)7-8)12(17)11-13(19-2)16-6-5-15-11/h3-7H,1-2H3. The van der Waals surface area contributed by atoms with Crippen LogP contribution < -0.4 is 9.47 Å². The third-order valence-corrected chi connectivity index (χ3v) is 2.49. The number of ether oxygens (including phenoxy) is 2. The number of nitrogens with zero attached hydrogens (tertiary/aromatic N) is 2. The van der Waals surface area contributed by atoms with Crippen molar-refractivity contribution in [3.05, 3.63) is 47.7 Å². The van der Waals surface area contributed by atoms with Crippen LogP contribution in [0, 0.1) is 5.82 Å². The largest absolute Gasteiger partial charge is 0.497 e. The number of rotatable bonds is 4. The average molecular weight is 262 g/mol. The van der Waals surface area contributed by atoms with Gasteiger partial charge < -0.3 is 9.47 Å². The smallest absolute Gasteiger partial charge is 0.243 e. The van der Waals surface area contributed by atoms with Gasteiger partial charge in [0, 0.05) is 18.5 Å². The molecule has 5 nitrogen and oxygen atoms in total. The van der Waals surface area contributed by atoms with Crippen molar-refractivity contribution in [3.63, 3.8) is 0 Å². The van der Waals surface area contributed by atoms with Crippen molar-refractivity contribution >= 4 is 5.78 Å². The Balaban J connectivity index is 2.44. The van der Waals surface area contributed by atoms with Crippen LogP contribution in [-0.4, -0.2) is 30.0 Å². The van der Waals surface area contributed by atoms with Crippen LogP contribution >= 0.6 is 0 Å². The minimum atomic E-state index is -0.683. The Kier molecular flexibility index (Phi) is 3.70. The van der Waals surface area contributed by atoms with Gasteiger partial charge in [-0.05, 0) is 12.1 Å². The first-order valence-electron chi connectivity index (χ1n) is 5.40. The van der Waals surface area contributed by atoms with Crippen LogP contribution in [0.2, 0.25) is 0 Å². The number of carbonyl (C=O) groups excluding carboxylic acids is 1. The molecule has 0 aliphatic heterocycles. The molecule has 0 spiro atoms. The van der Waals surface area contributed by atoms with E-state index in [0.717, 1.165) is 6.07 Å². The fraction of sp³-hybridized carbons (Fsp3) is 0.154. The van der Waals surface area contributed by atoms with Gasteiger partial charge in [0.25, 0.3) is 0 Å². The highest BCUT2D eigenvalue weighted by molar-refractivity contribution is 6.09. The summed E-state index contributed by atoms with van der Waals surface area (Å²) in [5.74, 6) is -0.884. The summed E-state index contributed by atoms with van der Waals surface area (Å²) in [6, 6.07) is 3.97. The topological polar surface area (TPSA) is 61.3 Å². The Bertz CT molecular complexity index is 617. The van der Waals surface area contributed by atoms with Gasteiger partial charge in [-0.1, -0.05) is 0 Å². The van der Waals surface area contributed by atoms with Crippen molar-refractivity contribution in [2.75, 3.05) is 14.2 Å². The predicted octanol–water partition coefficient (Wildman–Crippen LogP) is 1.86. The maximum atomic E-state index is 13.8. The highest BCUT2D eigenvalue weighted by Crippen LogP contribution is 2.21. The molecule has 0 fully saturated rings. The Hall–Kier alpha value is -2.50. The number of benzene rings is 1. The summed E-state index contributed by atoms with van der Waals surface area (Å²) in [5, 5.41) is 0. The number of halogens is 1. The van der Waals surface area contributed by atoms with Crippen molar-refractivity contribution in [2.45, 2.75) is 0 Å². The molecule has 2 aromatic rings. The van der Waals surface area contributed by atoms with Gasteiger partial charge in [-0.25, -0.2) is 14.4 Å². The highest BCUT2D eigenvalue weighted by atomic mass is 19.1. The van der Waals surface area contributed by atoms with Gasteiger partial charge >= 0.3 is 0 Å². The summed E-state index contributed by atoms with van der Waals surface area (Å²) in [4.78, 5) is 19.9. The van der Waals surface area contributed by atoms with Crippen molar-refractivity contribution in [1.82, 2.24) is 9.97 Å². The fourth-order valence-corrected chi connectivity index (χ4v) is 1.56. The molecular formula is C13H11FN2O3. The normalized spacial score (nSPS) is 10.1. The van der Waals surface area contributed by atoms with E-state index in [1.807, 2.05) is 0 Å². The summed E-state index contributed by atoms with van der Waals surface area (Å²) in [5.41, 5.74) is -0.145. The summed E-state index contributed by atoms with van der Waals surface area (Å²) in [6.07, 6.45) is 2.73. The maximum absolute atomic E-state index is 13.8. The molecule has 98 valence electrons. The summed E-state index contributed by atoms with van der Waals surface area (Å²) < 4.78 is 23.6. The maximum Gasteiger partial charge on any atom is 0.243 e. The Morgan fingerprint density at radius 1 is 1.16 bits per heavy atom. The SMILES string of the molecule is COc1ccc(C(=O)c2nccnc2OC)c(F)c1. The molecular weight excluding hydrogens is 251 g/mol. The van der Waals surface area contributed by atoms with Crippen LogP contribution in [0.25, 0.3) is 0 Å². The molecule has 2 rings (SSSR count). The van der Waals surface area contributed by atoms with Gasteiger partial charge in [0.1, 0.15) is 11.6 Å². The van der Waals surface area contributed by atoms with Gasteiger partial charge in [-0.3, -0.25) is 4.79 Å². The van der Waals surface area contributed by atoms with Crippen molar-refractivity contribution in [1.29, 1.82) is 0 Å². The number of hydrogen-bond acceptors (Lipinski definition) is 5. The van der Waals surface area contributed by atoms with E-state index < -0.39 is 11.6 Å². The molecule has 0 bridgehead atoms. The second-order valence-electron chi connectivity index (χ2n) is 3.59. The van der Waals surface area contributed by atoms with Gasteiger partial charge in [-0.15, -0.1) is 0 Å². The lowest BCUT2D eigenvalue weighted by Gasteiger charge is -2.07. The molecule has 0 aliphatic rings. The highest BCUT2D eigenvalue weighted by Gasteiger charge is 2.20. The molecule has 0 saturated carbocycles. The lowest BCUT2D eigenvalue weighted by molar-refractivity contribution is 0.102. The first-order chi connectivity index (χ1) is 9.17. The van der Waals surface area contributed by atoms with Gasteiger partial charge in [0.2, 0.25) is 11.7 Å². The molecule has 6 heteroatoms. The lowest BCUT2D eigenvalue weighted by Crippen LogP contribution is -2.09. The zero-order chi connectivity index (χ0) is 13.8. The predicted molar refractivity (Wildman–Crippen MR) is 65.0 cm³/mol. The van der Waals surface area contributed by atoms with E-state index in [0.29, 0.717) is 5.75 Å². The van der Waals surface area contributed by atoms with E-state index in [1.165, 1.54) is 38.7 Å². The number of hydrogen-bond donors (Lipinski definition) is 0. The van der Waals surface area contributed by atoms with Crippen molar-refractivity contribution in [3.8, 4) is 11.6 Å². The minimum absolute atomic E-state index is 0.0333. The molecule has 1 aromatic carbocycles. The van der Waals surface area contributed by atoms with E-state index in [1.54, 1.807) is 0 Å². The molecule has 1 heterocycles. The van der Waals surface area contributed by atoms with Crippen LogP contribution in [-0.2, 0) is 0 Å². The van der Waals surface area contributed by atoms with Crippen LogP contribution in [0.4, 0.5) is 4.39 Å². The van der Waals surface area contributed by atoms with Gasteiger partial charge in [-0.2, -0.15) is 0 Å². The summed E-state index contributed by atoms with van der Waals surface area (Å²) in [7, 11) is 2.78. The second-order valence-corrected chi connectivity index (χ2v) is 3.59. The number of carbonyl (C=O) groups is 1. The van der Waals surface area contributed by atoms with E-state index in [4.69, 9.17) is 9.47 Å². The molecule has 0 N–H and O–H groups in total. The van der Waals surface area contributed by atoms with E-state index in [2.05, 4.69) is 9.97 Å². The number of ketones is 1. The molecule has 0 radical (unpaired) electrons. The van der Waals surface area contributed by atoms with E-state index in [9.17, 15) is 9.18 Å². The molecule has 1 aromatic heterocycles. The Morgan fingerprint density at radius 3 is 2.53 bits per heavy atom. The molecule has 0 unspecified atom stereocenters. The Morgan fingerprint density at radius 2 is 1.89 bits per heavy atom. The first kappa shape index (κ1) is 12.9. The van der Waals surface area contributed by atoms with Crippen LogP contribution in [0.3, 0.4) is 0 Å². The van der Waals surface area contributed by atoms with Crippen LogP contribution in [0.15, 0.2) is 30.6 Å². The Labute approximate surface area is 109 Å². The third-order valence-electron chi connectivity index (χ3n) is 2.49. The van der Waals surface area contributed by atoms with Crippen LogP contribution in [0.5, 0.6) is 11.6 Å². The number of aromatic nitrogens is 2. The monoisotopic (exact) mass is 262 g/mol. The molecule has 0 saturated heterocycles. The molecule has 0 aliphatic carbocycles. The summed E-state index contributed by atoms with van der Waals surface area (Å²) in [6.45, 7) is 0. The lowest BCUT2D eigenvalue weighted by atomic mass is 10.1. The second kappa shape index (κ2) is 5.43. The molecule has 0 amide bonds. The molecule has 0 atom stereocenters. The molecule has 19 heavy (non-hydrogen) atoms. The summed E-state index contributed by atoms with van der Waals surface area (Å²) >= 11 is 0. The number of methoxy groups -OCH3 is 2. The zero-order valence-electron chi connectivity index (χ0n) is 10.4. The van der Waals surface area contributed by atoms with Crippen molar-refractivity contribution in [2.24, 2.45) is 0 Å². The fourth-order valence-electron chi connectivity index (χ4n) is 1.56. The van der Waals surface area contributed by atoms with E-state index in [-0.39, 0.29) is 17.1 Å². The zero-order valence-corrected chi connectivity index (χ0v) is 10.4. The van der Waals surface area contributed by atoms with E-state index >= 15 is 0 Å². The average Bonchev–Trinajstić information content (AvgIpc) is 2.46.